The van der Waals surface area contributed by atoms with Crippen LogP contribution in [0.15, 0.2) is 5.16 Å². The summed E-state index contributed by atoms with van der Waals surface area (Å²) in [6, 6.07) is -0.283. The molecule has 6 N–H and O–H groups in total. The van der Waals surface area contributed by atoms with E-state index in [1.165, 1.54) is 20.8 Å². The van der Waals surface area contributed by atoms with Gasteiger partial charge in [0.05, 0.1) is 41.6 Å². The number of carbonyl (C=O) groups is 1. The zero-order chi connectivity index (χ0) is 31.6. The second-order valence-corrected chi connectivity index (χ2v) is 13.0. The second-order valence-electron chi connectivity index (χ2n) is 13.0. The Balaban J connectivity index is 2.60. The van der Waals surface area contributed by atoms with Gasteiger partial charge in [0.15, 0.2) is 6.29 Å². The number of oxime groups is 1. The van der Waals surface area contributed by atoms with Crippen molar-refractivity contribution in [2.24, 2.45) is 28.8 Å². The number of hydrogen-bond acceptors (Lipinski definition) is 12. The van der Waals surface area contributed by atoms with Crippen LogP contribution < -0.4 is 0 Å². The Morgan fingerprint density at radius 2 is 1.61 bits per heavy atom. The van der Waals surface area contributed by atoms with Crippen molar-refractivity contribution in [3.8, 4) is 0 Å². The van der Waals surface area contributed by atoms with Crippen molar-refractivity contribution in [2.75, 3.05) is 14.1 Å². The molecule has 0 amide bonds. The molecule has 2 aliphatic rings. The number of hydrogen-bond donors (Lipinski definition) is 6. The molecule has 12 heteroatoms. The van der Waals surface area contributed by atoms with Crippen molar-refractivity contribution in [1.29, 1.82) is 0 Å². The van der Waals surface area contributed by atoms with E-state index in [1.54, 1.807) is 27.7 Å². The third kappa shape index (κ3) is 7.77. The Labute approximate surface area is 244 Å². The van der Waals surface area contributed by atoms with Crippen LogP contribution >= 0.6 is 0 Å². The van der Waals surface area contributed by atoms with Crippen LogP contribution in [-0.2, 0) is 19.0 Å². The molecule has 2 aliphatic heterocycles. The van der Waals surface area contributed by atoms with E-state index in [1.807, 2.05) is 25.9 Å². The summed E-state index contributed by atoms with van der Waals surface area (Å²) in [6.07, 6.45) is -6.92. The first-order valence-corrected chi connectivity index (χ1v) is 14.7. The van der Waals surface area contributed by atoms with E-state index in [0.717, 1.165) is 0 Å². The first kappa shape index (κ1) is 35.8. The second kappa shape index (κ2) is 13.9. The highest BCUT2D eigenvalue weighted by Crippen LogP contribution is 2.37. The Morgan fingerprint density at radius 3 is 2.12 bits per heavy atom. The van der Waals surface area contributed by atoms with Crippen LogP contribution in [0.4, 0.5) is 0 Å². The standard InChI is InChI=1S/C29H54N2O10/c1-11-20-29(8,37)24(34)16(4)21(30-38)14(2)13-28(7,36)25(17(5)22(32)18(6)26(35)40-20)41-27-23(33)19(31(9)10)12-15(3)39-27/h14-20,22-25,27,32-34,36-38H,11-13H2,1-10H3/b30-21+/t14-,15-,16+,17+,18-,19+,20-,22+,23-,24-,25-,27+,28?,29-/m1/s1. The van der Waals surface area contributed by atoms with Gasteiger partial charge in [0.25, 0.3) is 0 Å². The van der Waals surface area contributed by atoms with Crippen LogP contribution in [0, 0.1) is 23.7 Å². The summed E-state index contributed by atoms with van der Waals surface area (Å²) in [6.45, 7) is 12.8. The predicted octanol–water partition coefficient (Wildman–Crippen LogP) is 1.12. The molecule has 0 saturated carbocycles. The van der Waals surface area contributed by atoms with Crippen LogP contribution in [0.25, 0.3) is 0 Å². The van der Waals surface area contributed by atoms with Crippen LogP contribution in [0.5, 0.6) is 0 Å². The number of aliphatic hydroxyl groups is 5. The number of carbonyl (C=O) groups excluding carboxylic acids is 1. The molecule has 0 bridgehead atoms. The molecule has 0 aromatic rings. The van der Waals surface area contributed by atoms with Crippen molar-refractivity contribution >= 4 is 11.7 Å². The fourth-order valence-electron chi connectivity index (χ4n) is 6.61. The number of ether oxygens (including phenoxy) is 3. The van der Waals surface area contributed by atoms with Gasteiger partial charge in [-0.25, -0.2) is 0 Å². The highest BCUT2D eigenvalue weighted by molar-refractivity contribution is 5.88. The molecule has 2 rings (SSSR count). The summed E-state index contributed by atoms with van der Waals surface area (Å²) in [4.78, 5) is 15.1. The minimum atomic E-state index is -1.91. The highest BCUT2D eigenvalue weighted by Gasteiger charge is 2.51. The number of aliphatic hydroxyl groups excluding tert-OH is 3. The summed E-state index contributed by atoms with van der Waals surface area (Å²) in [5.41, 5.74) is -3.51. The molecule has 2 heterocycles. The van der Waals surface area contributed by atoms with E-state index in [9.17, 15) is 35.5 Å². The number of likely N-dealkylation sites (N-methyl/N-ethyl adjacent to an activating group) is 1. The summed E-state index contributed by atoms with van der Waals surface area (Å²) in [5.74, 6) is -4.27. The first-order chi connectivity index (χ1) is 18.8. The van der Waals surface area contributed by atoms with Gasteiger partial charge in [-0.15, -0.1) is 0 Å². The topological polar surface area (TPSA) is 182 Å². The van der Waals surface area contributed by atoms with Gasteiger partial charge < -0.3 is 49.9 Å². The summed E-state index contributed by atoms with van der Waals surface area (Å²) in [7, 11) is 3.68. The smallest absolute Gasteiger partial charge is 0.311 e. The highest BCUT2D eigenvalue weighted by atomic mass is 16.7. The number of nitrogens with zero attached hydrogens (tertiary/aromatic N) is 2. The fraction of sp³-hybridized carbons (Fsp3) is 0.931. The average Bonchev–Trinajstić information content (AvgIpc) is 2.88. The van der Waals surface area contributed by atoms with Crippen LogP contribution in [0.1, 0.15) is 74.7 Å². The van der Waals surface area contributed by atoms with Gasteiger partial charge in [0.2, 0.25) is 0 Å². The minimum Gasteiger partial charge on any atom is -0.459 e. The average molecular weight is 591 g/mol. The van der Waals surface area contributed by atoms with Gasteiger partial charge in [0, 0.05) is 23.8 Å². The molecule has 0 aliphatic carbocycles. The largest absolute Gasteiger partial charge is 0.459 e. The van der Waals surface area contributed by atoms with Gasteiger partial charge in [-0.1, -0.05) is 32.9 Å². The molecular formula is C29H54N2O10. The summed E-state index contributed by atoms with van der Waals surface area (Å²) >= 11 is 0. The molecule has 0 aromatic heterocycles. The lowest BCUT2D eigenvalue weighted by molar-refractivity contribution is -0.298. The van der Waals surface area contributed by atoms with E-state index in [-0.39, 0.29) is 30.7 Å². The SMILES string of the molecule is CC[C@H]1OC(=O)[C@H](C)[C@@H](O)[C@H](C)[C@@H](O[C@@H]2O[C@H](C)C[C@H](N(C)C)[C@H]2O)C(C)(O)C[C@@H](C)/C(=N\O)[C@H](C)[C@@H](O)[C@]1(C)O. The van der Waals surface area contributed by atoms with E-state index in [2.05, 4.69) is 5.16 Å². The van der Waals surface area contributed by atoms with E-state index >= 15 is 0 Å². The Bertz CT molecular complexity index is 897. The third-order valence-electron chi connectivity index (χ3n) is 9.23. The maximum atomic E-state index is 13.2. The summed E-state index contributed by atoms with van der Waals surface area (Å²) in [5, 5.41) is 70.3. The normalized spacial score (nSPS) is 48.6. The maximum Gasteiger partial charge on any atom is 0.311 e. The molecule has 1 unspecified atom stereocenters. The Kier molecular flexibility index (Phi) is 12.2. The first-order valence-electron chi connectivity index (χ1n) is 14.7. The number of esters is 1. The van der Waals surface area contributed by atoms with Crippen LogP contribution in [0.3, 0.4) is 0 Å². The number of rotatable bonds is 4. The fourth-order valence-corrected chi connectivity index (χ4v) is 6.61. The maximum absolute atomic E-state index is 13.2. The molecular weight excluding hydrogens is 536 g/mol. The van der Waals surface area contributed by atoms with Crippen LogP contribution in [-0.4, -0.2) is 122 Å². The molecule has 0 spiro atoms. The predicted molar refractivity (Wildman–Crippen MR) is 151 cm³/mol. The lowest BCUT2D eigenvalue weighted by Crippen LogP contribution is -2.60. The molecule has 12 nitrogen and oxygen atoms in total. The van der Waals surface area contributed by atoms with E-state index in [0.29, 0.717) is 6.42 Å². The zero-order valence-corrected chi connectivity index (χ0v) is 26.3. The molecule has 41 heavy (non-hydrogen) atoms. The van der Waals surface area contributed by atoms with Gasteiger partial charge in [0.1, 0.15) is 17.8 Å². The molecule has 0 radical (unpaired) electrons. The van der Waals surface area contributed by atoms with Crippen molar-refractivity contribution in [2.45, 2.75) is 135 Å². The van der Waals surface area contributed by atoms with Crippen LogP contribution in [0.2, 0.25) is 0 Å². The quantitative estimate of drug-likeness (QED) is 0.157. The molecule has 0 aromatic carbocycles. The van der Waals surface area contributed by atoms with Gasteiger partial charge in [-0.2, -0.15) is 0 Å². The number of cyclic esters (lactones) is 1. The third-order valence-corrected chi connectivity index (χ3v) is 9.23. The Morgan fingerprint density at radius 1 is 1.02 bits per heavy atom. The van der Waals surface area contributed by atoms with Crippen molar-refractivity contribution in [1.82, 2.24) is 4.90 Å². The zero-order valence-electron chi connectivity index (χ0n) is 26.3. The molecule has 2 fully saturated rings. The van der Waals surface area contributed by atoms with Gasteiger partial charge in [-0.05, 0) is 61.1 Å². The molecule has 240 valence electrons. The van der Waals surface area contributed by atoms with Crippen molar-refractivity contribution in [3.63, 3.8) is 0 Å². The van der Waals surface area contributed by atoms with Gasteiger partial charge >= 0.3 is 5.97 Å². The van der Waals surface area contributed by atoms with Gasteiger partial charge in [-0.3, -0.25) is 4.79 Å². The monoisotopic (exact) mass is 590 g/mol. The van der Waals surface area contributed by atoms with E-state index < -0.39 is 77.7 Å². The van der Waals surface area contributed by atoms with Crippen molar-refractivity contribution in [3.05, 3.63) is 0 Å². The lowest BCUT2D eigenvalue weighted by atomic mass is 9.73. The minimum absolute atomic E-state index is 0.0428. The van der Waals surface area contributed by atoms with E-state index in [4.69, 9.17) is 14.2 Å². The molecule has 14 atom stereocenters. The summed E-state index contributed by atoms with van der Waals surface area (Å²) < 4.78 is 17.9. The van der Waals surface area contributed by atoms with Crippen molar-refractivity contribution < 1.29 is 49.7 Å². The lowest BCUT2D eigenvalue weighted by Gasteiger charge is -2.47. The molecule has 2 saturated heterocycles. The Hall–Kier alpha value is -1.38.